The number of H-pyrrole nitrogens is 1. The zero-order valence-electron chi connectivity index (χ0n) is 19.0. The normalized spacial score (nSPS) is 16.5. The molecule has 8 nitrogen and oxygen atoms in total. The Kier molecular flexibility index (Phi) is 6.59. The topological polar surface area (TPSA) is 120 Å². The van der Waals surface area contributed by atoms with Gasteiger partial charge in [-0.3, -0.25) is 9.89 Å². The Morgan fingerprint density at radius 3 is 2.77 bits per heavy atom. The lowest BCUT2D eigenvalue weighted by molar-refractivity contribution is 0.0697. The Labute approximate surface area is 200 Å². The third-order valence-electron chi connectivity index (χ3n) is 5.58. The monoisotopic (exact) mass is 474 g/mol. The van der Waals surface area contributed by atoms with E-state index in [1.54, 1.807) is 19.1 Å². The van der Waals surface area contributed by atoms with Crippen molar-refractivity contribution in [3.63, 3.8) is 0 Å². The number of aromatic hydroxyl groups is 1. The molecule has 1 aliphatic rings. The van der Waals surface area contributed by atoms with Gasteiger partial charge in [-0.25, -0.2) is 13.9 Å². The van der Waals surface area contributed by atoms with E-state index in [0.29, 0.717) is 17.0 Å². The van der Waals surface area contributed by atoms with Crippen molar-refractivity contribution in [2.24, 2.45) is 10.2 Å². The van der Waals surface area contributed by atoms with E-state index in [-0.39, 0.29) is 22.5 Å². The molecule has 1 heterocycles. The minimum Gasteiger partial charge on any atom is -0.505 e. The van der Waals surface area contributed by atoms with E-state index in [2.05, 4.69) is 21.9 Å². The largest absolute Gasteiger partial charge is 0.505 e. The number of carboxylic acids is 1. The second-order valence-electron chi connectivity index (χ2n) is 8.15. The van der Waals surface area contributed by atoms with Crippen molar-refractivity contribution < 1.29 is 19.4 Å². The first-order valence-corrected chi connectivity index (χ1v) is 10.9. The number of nitrogens with one attached hydrogen (secondary N) is 1. The van der Waals surface area contributed by atoms with Crippen LogP contribution in [0, 0.1) is 12.7 Å². The summed E-state index contributed by atoms with van der Waals surface area (Å²) in [5.41, 5.74) is 1.76. The Balaban J connectivity index is 1.72. The van der Waals surface area contributed by atoms with Gasteiger partial charge in [-0.15, -0.1) is 10.2 Å². The molecule has 3 N–H and O–H groups in total. The molecule has 0 atom stereocenters. The number of phenols is 1. The number of aryl methyl sites for hydroxylation is 1. The number of hydrogen-bond acceptors (Lipinski definition) is 5. The number of rotatable bonds is 5. The molecular formula is C26H23FN4O4. The molecular weight excluding hydrogens is 451 g/mol. The Morgan fingerprint density at radius 1 is 1.20 bits per heavy atom. The standard InChI is InChI=1S/C26H23FN4O4/c1-15-6-3-4-9-20(11-10-15)31-25(33)23(16(2)30-31)29-28-22-14-19(27)13-21(24(22)32)17-7-5-8-18(12-17)26(34)35/h5,7-14,30,32H,1,3-4,6H2,2H3,(H,34,35)/b11-10-,20-9+,29-28?. The molecule has 9 heteroatoms. The van der Waals surface area contributed by atoms with Crippen LogP contribution in [0.4, 0.5) is 15.8 Å². The number of aromatic nitrogens is 2. The highest BCUT2D eigenvalue weighted by atomic mass is 19.1. The maximum Gasteiger partial charge on any atom is 0.335 e. The summed E-state index contributed by atoms with van der Waals surface area (Å²) in [6.45, 7) is 5.64. The fourth-order valence-corrected chi connectivity index (χ4v) is 3.74. The van der Waals surface area contributed by atoms with Gasteiger partial charge in [0.1, 0.15) is 11.5 Å². The van der Waals surface area contributed by atoms with Crippen LogP contribution in [0.1, 0.15) is 35.3 Å². The van der Waals surface area contributed by atoms with Crippen molar-refractivity contribution >= 4 is 23.0 Å². The summed E-state index contributed by atoms with van der Waals surface area (Å²) < 4.78 is 15.7. The average molecular weight is 474 g/mol. The highest BCUT2D eigenvalue weighted by molar-refractivity contribution is 5.90. The molecule has 0 radical (unpaired) electrons. The van der Waals surface area contributed by atoms with Gasteiger partial charge in [0.15, 0.2) is 11.4 Å². The minimum atomic E-state index is -1.15. The Morgan fingerprint density at radius 2 is 2.00 bits per heavy atom. The van der Waals surface area contributed by atoms with E-state index < -0.39 is 23.1 Å². The van der Waals surface area contributed by atoms with Crippen molar-refractivity contribution in [3.05, 3.63) is 94.2 Å². The second kappa shape index (κ2) is 9.76. The van der Waals surface area contributed by atoms with E-state index >= 15 is 0 Å². The number of aromatic carboxylic acids is 1. The number of azo groups is 1. The smallest absolute Gasteiger partial charge is 0.335 e. The van der Waals surface area contributed by atoms with Crippen LogP contribution in [0.2, 0.25) is 0 Å². The third-order valence-corrected chi connectivity index (χ3v) is 5.58. The van der Waals surface area contributed by atoms with Crippen LogP contribution in [0.5, 0.6) is 5.75 Å². The summed E-state index contributed by atoms with van der Waals surface area (Å²) in [7, 11) is 0. The number of allylic oxidation sites excluding steroid dienone is 5. The molecule has 0 bridgehead atoms. The predicted octanol–water partition coefficient (Wildman–Crippen LogP) is 6.25. The number of phenolic OH excluding ortho intramolecular Hbond substituents is 1. The van der Waals surface area contributed by atoms with Crippen LogP contribution in [0.15, 0.2) is 81.8 Å². The van der Waals surface area contributed by atoms with Crippen LogP contribution in [0.3, 0.4) is 0 Å². The molecule has 1 aromatic heterocycles. The van der Waals surface area contributed by atoms with E-state index in [1.165, 1.54) is 22.9 Å². The SMILES string of the molecule is C=C1/C=C\C(n2[nH]c(C)c(N=Nc3cc(F)cc(-c4cccc(C(=O)O)c4)c3O)c2=O)=C/CCC1. The molecule has 4 rings (SSSR count). The first kappa shape index (κ1) is 23.6. The number of aromatic amines is 1. The van der Waals surface area contributed by atoms with Gasteiger partial charge in [-0.1, -0.05) is 36.4 Å². The maximum atomic E-state index is 14.4. The van der Waals surface area contributed by atoms with Crippen LogP contribution in [-0.2, 0) is 0 Å². The van der Waals surface area contributed by atoms with Gasteiger partial charge < -0.3 is 10.2 Å². The number of halogens is 1. The summed E-state index contributed by atoms with van der Waals surface area (Å²) in [5.74, 6) is -2.25. The van der Waals surface area contributed by atoms with Crippen molar-refractivity contribution in [1.82, 2.24) is 9.78 Å². The molecule has 0 saturated carbocycles. The second-order valence-corrected chi connectivity index (χ2v) is 8.15. The number of benzene rings is 2. The summed E-state index contributed by atoms with van der Waals surface area (Å²) in [5, 5.41) is 30.8. The molecule has 1 aliphatic carbocycles. The highest BCUT2D eigenvalue weighted by Gasteiger charge is 2.16. The molecule has 0 unspecified atom stereocenters. The summed E-state index contributed by atoms with van der Waals surface area (Å²) in [6, 6.07) is 7.79. The first-order chi connectivity index (χ1) is 16.7. The van der Waals surface area contributed by atoms with Gasteiger partial charge in [0.2, 0.25) is 0 Å². The van der Waals surface area contributed by atoms with Crippen molar-refractivity contribution in [2.75, 3.05) is 0 Å². The van der Waals surface area contributed by atoms with Gasteiger partial charge in [-0.05, 0) is 56.0 Å². The van der Waals surface area contributed by atoms with E-state index in [4.69, 9.17) is 0 Å². The zero-order chi connectivity index (χ0) is 25.1. The number of carboxylic acid groups (broad SMARTS) is 1. The molecule has 0 fully saturated rings. The van der Waals surface area contributed by atoms with E-state index in [9.17, 15) is 24.2 Å². The number of hydrogen-bond donors (Lipinski definition) is 3. The van der Waals surface area contributed by atoms with Crippen LogP contribution >= 0.6 is 0 Å². The predicted molar refractivity (Wildman–Crippen MR) is 131 cm³/mol. The minimum absolute atomic E-state index is 0.0123. The van der Waals surface area contributed by atoms with Gasteiger partial charge >= 0.3 is 5.97 Å². The molecule has 3 aromatic rings. The third kappa shape index (κ3) is 5.03. The zero-order valence-corrected chi connectivity index (χ0v) is 19.0. The van der Waals surface area contributed by atoms with Crippen LogP contribution in [0.25, 0.3) is 16.8 Å². The first-order valence-electron chi connectivity index (χ1n) is 10.9. The molecule has 0 amide bonds. The van der Waals surface area contributed by atoms with Gasteiger partial charge in [-0.2, -0.15) is 0 Å². The number of carbonyl (C=O) groups is 1. The maximum absolute atomic E-state index is 14.4. The van der Waals surface area contributed by atoms with E-state index in [1.807, 2.05) is 12.2 Å². The quantitative estimate of drug-likeness (QED) is 0.379. The van der Waals surface area contributed by atoms with Gasteiger partial charge in [0, 0.05) is 11.6 Å². The molecule has 178 valence electrons. The van der Waals surface area contributed by atoms with Crippen molar-refractivity contribution in [2.45, 2.75) is 26.2 Å². The fourth-order valence-electron chi connectivity index (χ4n) is 3.74. The van der Waals surface area contributed by atoms with Gasteiger partial charge in [0.05, 0.1) is 17.0 Å². The lowest BCUT2D eigenvalue weighted by atomic mass is 10.0. The highest BCUT2D eigenvalue weighted by Crippen LogP contribution is 2.39. The Bertz CT molecular complexity index is 1480. The van der Waals surface area contributed by atoms with Crippen molar-refractivity contribution in [3.8, 4) is 16.9 Å². The molecule has 35 heavy (non-hydrogen) atoms. The van der Waals surface area contributed by atoms with Crippen LogP contribution < -0.4 is 5.56 Å². The molecule has 2 aromatic carbocycles. The Hall–Kier alpha value is -4.53. The van der Waals surface area contributed by atoms with Crippen molar-refractivity contribution in [1.29, 1.82) is 0 Å². The average Bonchev–Trinajstić information content (AvgIpc) is 3.10. The van der Waals surface area contributed by atoms with Gasteiger partial charge in [0.25, 0.3) is 5.56 Å². The number of nitrogens with zero attached hydrogens (tertiary/aromatic N) is 3. The van der Waals surface area contributed by atoms with Crippen LogP contribution in [-0.4, -0.2) is 26.0 Å². The molecule has 0 aliphatic heterocycles. The molecule has 0 saturated heterocycles. The lowest BCUT2D eigenvalue weighted by Crippen LogP contribution is -2.15. The van der Waals surface area contributed by atoms with E-state index in [0.717, 1.165) is 37.0 Å². The fraction of sp³-hybridized carbons (Fsp3) is 0.154. The summed E-state index contributed by atoms with van der Waals surface area (Å²) in [6.07, 6.45) is 8.19. The summed E-state index contributed by atoms with van der Waals surface area (Å²) >= 11 is 0. The summed E-state index contributed by atoms with van der Waals surface area (Å²) in [4.78, 5) is 24.3. The lowest BCUT2D eigenvalue weighted by Gasteiger charge is -2.08. The molecule has 0 spiro atoms.